The lowest BCUT2D eigenvalue weighted by atomic mass is 10.0. The maximum atomic E-state index is 12.1. The molecule has 5 N–H and O–H groups in total. The van der Waals surface area contributed by atoms with E-state index in [9.17, 15) is 14.4 Å². The fraction of sp³-hybridized carbons (Fsp3) is 0.667. The Labute approximate surface area is 146 Å². The summed E-state index contributed by atoms with van der Waals surface area (Å²) < 4.78 is 1.48. The molecule has 1 aromatic rings. The normalized spacial score (nSPS) is 13.2. The van der Waals surface area contributed by atoms with E-state index in [1.54, 1.807) is 13.2 Å². The highest BCUT2D eigenvalue weighted by molar-refractivity contribution is 5.79. The van der Waals surface area contributed by atoms with Crippen molar-refractivity contribution in [3.63, 3.8) is 0 Å². The van der Waals surface area contributed by atoms with Crippen LogP contribution >= 0.6 is 0 Å². The van der Waals surface area contributed by atoms with Gasteiger partial charge in [0.05, 0.1) is 12.2 Å². The van der Waals surface area contributed by atoms with Gasteiger partial charge < -0.3 is 21.7 Å². The first kappa shape index (κ1) is 20.4. The molecular formula is C15H27N7O3. The molecule has 0 aliphatic carbocycles. The third-order valence-corrected chi connectivity index (χ3v) is 3.69. The monoisotopic (exact) mass is 353 g/mol. The van der Waals surface area contributed by atoms with Gasteiger partial charge in [-0.2, -0.15) is 0 Å². The SMILES string of the molecule is CNC(=O)[C@H](CCCNC(N)=O)n1cc([C@@H](NC(C)=O)C(C)C)nn1. The van der Waals surface area contributed by atoms with E-state index in [0.717, 1.165) is 0 Å². The summed E-state index contributed by atoms with van der Waals surface area (Å²) in [5, 5.41) is 16.1. The van der Waals surface area contributed by atoms with Gasteiger partial charge in [0, 0.05) is 20.5 Å². The number of likely N-dealkylation sites (N-methyl/N-ethyl adjacent to an activating group) is 1. The summed E-state index contributed by atoms with van der Waals surface area (Å²) in [5.41, 5.74) is 5.61. The Hall–Kier alpha value is -2.65. The van der Waals surface area contributed by atoms with Crippen molar-refractivity contribution in [2.24, 2.45) is 11.7 Å². The molecule has 10 heteroatoms. The van der Waals surface area contributed by atoms with E-state index < -0.39 is 12.1 Å². The zero-order valence-corrected chi connectivity index (χ0v) is 15.1. The molecular weight excluding hydrogens is 326 g/mol. The molecule has 4 amide bonds. The number of hydrogen-bond donors (Lipinski definition) is 4. The highest BCUT2D eigenvalue weighted by atomic mass is 16.2. The van der Waals surface area contributed by atoms with Crippen LogP contribution in [0.1, 0.15) is 51.4 Å². The summed E-state index contributed by atoms with van der Waals surface area (Å²) in [6.45, 7) is 5.74. The lowest BCUT2D eigenvalue weighted by molar-refractivity contribution is -0.124. The standard InChI is InChI=1S/C15H27N7O3/c1-9(2)13(19-10(3)23)11-8-22(21-20-11)12(14(24)17-4)6-5-7-18-15(16)25/h8-9,12-13H,5-7H2,1-4H3,(H,17,24)(H,19,23)(H3,16,18,25)/t12-,13-/m0/s1. The van der Waals surface area contributed by atoms with Crippen LogP contribution < -0.4 is 21.7 Å². The molecule has 2 atom stereocenters. The molecule has 1 aromatic heterocycles. The van der Waals surface area contributed by atoms with Gasteiger partial charge in [-0.15, -0.1) is 5.10 Å². The Morgan fingerprint density at radius 2 is 2.00 bits per heavy atom. The average molecular weight is 353 g/mol. The second kappa shape index (κ2) is 9.60. The van der Waals surface area contributed by atoms with Gasteiger partial charge in [0.2, 0.25) is 11.8 Å². The summed E-state index contributed by atoms with van der Waals surface area (Å²) in [5.74, 6) is -0.253. The van der Waals surface area contributed by atoms with Crippen molar-refractivity contribution in [3.05, 3.63) is 11.9 Å². The minimum atomic E-state index is -0.602. The van der Waals surface area contributed by atoms with E-state index in [2.05, 4.69) is 26.3 Å². The zero-order valence-electron chi connectivity index (χ0n) is 15.1. The fourth-order valence-corrected chi connectivity index (χ4v) is 2.44. The van der Waals surface area contributed by atoms with Crippen LogP contribution in [0.3, 0.4) is 0 Å². The molecule has 0 saturated carbocycles. The Balaban J connectivity index is 2.89. The number of carbonyl (C=O) groups excluding carboxylic acids is 3. The molecule has 0 saturated heterocycles. The highest BCUT2D eigenvalue weighted by Crippen LogP contribution is 2.21. The maximum absolute atomic E-state index is 12.1. The van der Waals surface area contributed by atoms with Crippen LogP contribution in [0.4, 0.5) is 4.79 Å². The summed E-state index contributed by atoms with van der Waals surface area (Å²) in [6.07, 6.45) is 2.67. The number of carbonyl (C=O) groups is 3. The molecule has 0 aromatic carbocycles. The molecule has 0 aliphatic heterocycles. The van der Waals surface area contributed by atoms with Gasteiger partial charge in [-0.3, -0.25) is 9.59 Å². The average Bonchev–Trinajstić information content (AvgIpc) is 3.00. The molecule has 0 bridgehead atoms. The molecule has 140 valence electrons. The molecule has 0 unspecified atom stereocenters. The third-order valence-electron chi connectivity index (χ3n) is 3.69. The molecule has 0 aliphatic rings. The zero-order chi connectivity index (χ0) is 19.0. The van der Waals surface area contributed by atoms with E-state index >= 15 is 0 Å². The quantitative estimate of drug-likeness (QED) is 0.456. The van der Waals surface area contributed by atoms with Crippen LogP contribution in [-0.2, 0) is 9.59 Å². The van der Waals surface area contributed by atoms with Gasteiger partial charge in [-0.1, -0.05) is 19.1 Å². The van der Waals surface area contributed by atoms with Gasteiger partial charge >= 0.3 is 6.03 Å². The predicted molar refractivity (Wildman–Crippen MR) is 91.3 cm³/mol. The van der Waals surface area contributed by atoms with Crippen molar-refractivity contribution in [1.82, 2.24) is 30.9 Å². The number of nitrogens with one attached hydrogen (secondary N) is 3. The Morgan fingerprint density at radius 1 is 1.32 bits per heavy atom. The number of hydrogen-bond acceptors (Lipinski definition) is 5. The van der Waals surface area contributed by atoms with Crippen molar-refractivity contribution in [3.8, 4) is 0 Å². The smallest absolute Gasteiger partial charge is 0.312 e. The Morgan fingerprint density at radius 3 is 2.52 bits per heavy atom. The lowest BCUT2D eigenvalue weighted by Gasteiger charge is -2.19. The van der Waals surface area contributed by atoms with Crippen molar-refractivity contribution < 1.29 is 14.4 Å². The molecule has 0 spiro atoms. The first-order valence-electron chi connectivity index (χ1n) is 8.20. The summed E-state index contributed by atoms with van der Waals surface area (Å²) in [4.78, 5) is 34.2. The number of nitrogens with zero attached hydrogens (tertiary/aromatic N) is 3. The van der Waals surface area contributed by atoms with Crippen molar-refractivity contribution in [2.45, 2.75) is 45.7 Å². The number of rotatable bonds is 9. The molecule has 25 heavy (non-hydrogen) atoms. The lowest BCUT2D eigenvalue weighted by Crippen LogP contribution is -2.33. The van der Waals surface area contributed by atoms with E-state index in [1.807, 2.05) is 13.8 Å². The maximum Gasteiger partial charge on any atom is 0.312 e. The molecule has 1 heterocycles. The third kappa shape index (κ3) is 6.40. The number of nitrogens with two attached hydrogens (primary N) is 1. The van der Waals surface area contributed by atoms with E-state index in [-0.39, 0.29) is 23.8 Å². The number of aromatic nitrogens is 3. The van der Waals surface area contributed by atoms with Gasteiger partial charge in [0.15, 0.2) is 0 Å². The molecule has 1 rings (SSSR count). The van der Waals surface area contributed by atoms with Crippen LogP contribution in [0.25, 0.3) is 0 Å². The van der Waals surface area contributed by atoms with Gasteiger partial charge in [-0.05, 0) is 18.8 Å². The van der Waals surface area contributed by atoms with Crippen LogP contribution in [0.5, 0.6) is 0 Å². The van der Waals surface area contributed by atoms with Gasteiger partial charge in [0.25, 0.3) is 0 Å². The highest BCUT2D eigenvalue weighted by Gasteiger charge is 2.25. The number of primary amides is 1. The minimum Gasteiger partial charge on any atom is -0.357 e. The second-order valence-electron chi connectivity index (χ2n) is 6.11. The van der Waals surface area contributed by atoms with E-state index in [4.69, 9.17) is 5.73 Å². The Kier molecular flexibility index (Phi) is 7.83. The van der Waals surface area contributed by atoms with Crippen LogP contribution in [0.15, 0.2) is 6.20 Å². The molecule has 0 fully saturated rings. The second-order valence-corrected chi connectivity index (χ2v) is 6.11. The van der Waals surface area contributed by atoms with Crippen molar-refractivity contribution >= 4 is 17.8 Å². The van der Waals surface area contributed by atoms with Crippen molar-refractivity contribution in [1.29, 1.82) is 0 Å². The minimum absolute atomic E-state index is 0.118. The molecule has 0 radical (unpaired) electrons. The largest absolute Gasteiger partial charge is 0.357 e. The van der Waals surface area contributed by atoms with Crippen molar-refractivity contribution in [2.75, 3.05) is 13.6 Å². The first-order valence-corrected chi connectivity index (χ1v) is 8.20. The fourth-order valence-electron chi connectivity index (χ4n) is 2.44. The van der Waals surface area contributed by atoms with Crippen LogP contribution in [0.2, 0.25) is 0 Å². The van der Waals surface area contributed by atoms with Gasteiger partial charge in [0.1, 0.15) is 11.7 Å². The summed E-state index contributed by atoms with van der Waals surface area (Å²) in [6, 6.07) is -1.45. The van der Waals surface area contributed by atoms with Gasteiger partial charge in [-0.25, -0.2) is 9.48 Å². The number of urea groups is 1. The summed E-state index contributed by atoms with van der Waals surface area (Å²) >= 11 is 0. The van der Waals surface area contributed by atoms with Crippen LogP contribution in [-0.4, -0.2) is 46.4 Å². The predicted octanol–water partition coefficient (Wildman–Crippen LogP) is -0.153. The van der Waals surface area contributed by atoms with E-state index in [1.165, 1.54) is 11.6 Å². The van der Waals surface area contributed by atoms with E-state index in [0.29, 0.717) is 25.1 Å². The first-order chi connectivity index (χ1) is 11.8. The topological polar surface area (TPSA) is 144 Å². The summed E-state index contributed by atoms with van der Waals surface area (Å²) in [7, 11) is 1.54. The number of amides is 4. The van der Waals surface area contributed by atoms with Crippen LogP contribution in [0, 0.1) is 5.92 Å². The molecule has 10 nitrogen and oxygen atoms in total. The Bertz CT molecular complexity index is 600.